The summed E-state index contributed by atoms with van der Waals surface area (Å²) in [6.07, 6.45) is 0. The Morgan fingerprint density at radius 2 is 1.86 bits per heavy atom. The second-order valence-corrected chi connectivity index (χ2v) is 5.78. The lowest BCUT2D eigenvalue weighted by Crippen LogP contribution is -2.28. The third-order valence-corrected chi connectivity index (χ3v) is 4.14. The van der Waals surface area contributed by atoms with Gasteiger partial charge < -0.3 is 14.6 Å². The van der Waals surface area contributed by atoms with Crippen LogP contribution in [0.25, 0.3) is 0 Å². The first-order valence-electron chi connectivity index (χ1n) is 6.12. The average Bonchev–Trinajstić information content (AvgIpc) is 2.42. The normalized spacial score (nSPS) is 19.5. The molecule has 1 N–H and O–H groups in total. The lowest BCUT2D eigenvalue weighted by atomic mass is 9.85. The lowest BCUT2D eigenvalue weighted by molar-refractivity contribution is 0.0883. The molecule has 1 aliphatic heterocycles. The Hall–Kier alpha value is -1.66. The molecule has 21 heavy (non-hydrogen) atoms. The SMILES string of the molecule is COc1cc(F)c2c(c1)[C@](C)(O)c1cc(Br)c(F)cc1O2. The van der Waals surface area contributed by atoms with E-state index in [9.17, 15) is 13.9 Å². The fraction of sp³-hybridized carbons (Fsp3) is 0.200. The molecule has 3 rings (SSSR count). The van der Waals surface area contributed by atoms with E-state index >= 15 is 0 Å². The first kappa shape index (κ1) is 14.3. The van der Waals surface area contributed by atoms with Crippen LogP contribution in [-0.2, 0) is 5.60 Å². The lowest BCUT2D eigenvalue weighted by Gasteiger charge is -2.33. The molecule has 2 aromatic rings. The topological polar surface area (TPSA) is 38.7 Å². The van der Waals surface area contributed by atoms with E-state index in [1.165, 1.54) is 26.2 Å². The molecule has 0 unspecified atom stereocenters. The smallest absolute Gasteiger partial charge is 0.169 e. The molecule has 0 radical (unpaired) electrons. The molecule has 0 spiro atoms. The Labute approximate surface area is 128 Å². The molecule has 1 aliphatic rings. The van der Waals surface area contributed by atoms with Crippen LogP contribution >= 0.6 is 15.9 Å². The van der Waals surface area contributed by atoms with Crippen molar-refractivity contribution in [3.8, 4) is 17.2 Å². The number of benzene rings is 2. The standard InChI is InChI=1S/C15H11BrF2O3/c1-15(19)8-5-10(16)11(17)6-13(8)21-14-9(15)3-7(20-2)4-12(14)18/h3-6,19H,1-2H3/t15-/m1/s1. The average molecular weight is 357 g/mol. The molecule has 1 atom stereocenters. The highest BCUT2D eigenvalue weighted by atomic mass is 79.9. The minimum absolute atomic E-state index is 0.0808. The Morgan fingerprint density at radius 1 is 1.14 bits per heavy atom. The van der Waals surface area contributed by atoms with Crippen LogP contribution in [0, 0.1) is 11.6 Å². The highest BCUT2D eigenvalue weighted by molar-refractivity contribution is 9.10. The van der Waals surface area contributed by atoms with Crippen LogP contribution in [0.5, 0.6) is 17.2 Å². The van der Waals surface area contributed by atoms with E-state index in [1.807, 2.05) is 0 Å². The summed E-state index contributed by atoms with van der Waals surface area (Å²) in [6.45, 7) is 1.50. The molecular weight excluding hydrogens is 346 g/mol. The van der Waals surface area contributed by atoms with E-state index in [0.717, 1.165) is 12.1 Å². The van der Waals surface area contributed by atoms with Crippen LogP contribution in [0.4, 0.5) is 8.78 Å². The van der Waals surface area contributed by atoms with Gasteiger partial charge in [0.2, 0.25) is 0 Å². The molecule has 2 aromatic carbocycles. The van der Waals surface area contributed by atoms with E-state index in [-0.39, 0.29) is 27.3 Å². The Balaban J connectivity index is 2.28. The van der Waals surface area contributed by atoms with Gasteiger partial charge in [0.05, 0.1) is 11.6 Å². The highest BCUT2D eigenvalue weighted by Gasteiger charge is 2.39. The van der Waals surface area contributed by atoms with Crippen LogP contribution in [-0.4, -0.2) is 12.2 Å². The van der Waals surface area contributed by atoms with Gasteiger partial charge in [-0.05, 0) is 35.0 Å². The van der Waals surface area contributed by atoms with Crippen molar-refractivity contribution in [1.29, 1.82) is 0 Å². The van der Waals surface area contributed by atoms with Crippen molar-refractivity contribution in [2.45, 2.75) is 12.5 Å². The van der Waals surface area contributed by atoms with E-state index in [2.05, 4.69) is 15.9 Å². The number of aliphatic hydroxyl groups is 1. The first-order chi connectivity index (χ1) is 9.84. The molecule has 1 heterocycles. The van der Waals surface area contributed by atoms with E-state index in [1.54, 1.807) is 0 Å². The van der Waals surface area contributed by atoms with Gasteiger partial charge in [-0.3, -0.25) is 0 Å². The van der Waals surface area contributed by atoms with E-state index in [4.69, 9.17) is 9.47 Å². The molecule has 3 nitrogen and oxygen atoms in total. The quantitative estimate of drug-likeness (QED) is 0.835. The summed E-state index contributed by atoms with van der Waals surface area (Å²) in [5.74, 6) is -1.02. The zero-order chi connectivity index (χ0) is 15.4. The Kier molecular flexibility index (Phi) is 3.18. The maximum Gasteiger partial charge on any atom is 0.169 e. The van der Waals surface area contributed by atoms with Crippen molar-refractivity contribution in [2.24, 2.45) is 0 Å². The zero-order valence-electron chi connectivity index (χ0n) is 11.2. The number of hydrogen-bond acceptors (Lipinski definition) is 3. The number of fused-ring (bicyclic) bond motifs is 2. The summed E-state index contributed by atoms with van der Waals surface area (Å²) in [6, 6.07) is 5.18. The molecule has 0 aromatic heterocycles. The maximum atomic E-state index is 14.1. The van der Waals surface area contributed by atoms with Crippen molar-refractivity contribution in [1.82, 2.24) is 0 Å². The molecule has 110 valence electrons. The van der Waals surface area contributed by atoms with Crippen LogP contribution in [0.2, 0.25) is 0 Å². The number of ether oxygens (including phenoxy) is 2. The zero-order valence-corrected chi connectivity index (χ0v) is 12.8. The summed E-state index contributed by atoms with van der Waals surface area (Å²) in [5, 5.41) is 10.8. The second kappa shape index (κ2) is 4.68. The molecule has 0 saturated heterocycles. The predicted octanol–water partition coefficient (Wildman–Crippen LogP) is 4.10. The molecule has 6 heteroatoms. The molecule has 0 fully saturated rings. The molecule has 0 bridgehead atoms. The van der Waals surface area contributed by atoms with Gasteiger partial charge in [0, 0.05) is 23.3 Å². The van der Waals surface area contributed by atoms with Crippen molar-refractivity contribution in [3.05, 3.63) is 51.5 Å². The van der Waals surface area contributed by atoms with Crippen molar-refractivity contribution >= 4 is 15.9 Å². The minimum Gasteiger partial charge on any atom is -0.497 e. The van der Waals surface area contributed by atoms with Gasteiger partial charge in [0.1, 0.15) is 22.9 Å². The summed E-state index contributed by atoms with van der Waals surface area (Å²) in [5.41, 5.74) is -0.963. The van der Waals surface area contributed by atoms with Crippen LogP contribution < -0.4 is 9.47 Å². The van der Waals surface area contributed by atoms with Gasteiger partial charge in [-0.15, -0.1) is 0 Å². The van der Waals surface area contributed by atoms with E-state index < -0.39 is 17.2 Å². The third-order valence-electron chi connectivity index (χ3n) is 3.54. The third kappa shape index (κ3) is 2.10. The second-order valence-electron chi connectivity index (χ2n) is 4.92. The van der Waals surface area contributed by atoms with Gasteiger partial charge in [-0.1, -0.05) is 0 Å². The number of methoxy groups -OCH3 is 1. The monoisotopic (exact) mass is 356 g/mol. The van der Waals surface area contributed by atoms with Gasteiger partial charge >= 0.3 is 0 Å². The molecule has 0 aliphatic carbocycles. The fourth-order valence-corrected chi connectivity index (χ4v) is 2.74. The van der Waals surface area contributed by atoms with Gasteiger partial charge in [-0.25, -0.2) is 8.78 Å². The van der Waals surface area contributed by atoms with Crippen molar-refractivity contribution in [3.63, 3.8) is 0 Å². The predicted molar refractivity (Wildman–Crippen MR) is 75.8 cm³/mol. The summed E-state index contributed by atoms with van der Waals surface area (Å²) in [7, 11) is 1.40. The number of halogens is 3. The van der Waals surface area contributed by atoms with Crippen LogP contribution in [0.3, 0.4) is 0 Å². The van der Waals surface area contributed by atoms with Gasteiger partial charge in [0.15, 0.2) is 11.6 Å². The Morgan fingerprint density at radius 3 is 2.52 bits per heavy atom. The number of rotatable bonds is 1. The van der Waals surface area contributed by atoms with Crippen LogP contribution in [0.1, 0.15) is 18.1 Å². The van der Waals surface area contributed by atoms with Crippen molar-refractivity contribution in [2.75, 3.05) is 7.11 Å². The minimum atomic E-state index is -1.53. The summed E-state index contributed by atoms with van der Waals surface area (Å²) >= 11 is 3.07. The Bertz CT molecular complexity index is 744. The maximum absolute atomic E-state index is 14.1. The van der Waals surface area contributed by atoms with E-state index in [0.29, 0.717) is 5.56 Å². The highest BCUT2D eigenvalue weighted by Crippen LogP contribution is 2.49. The molecule has 0 saturated carbocycles. The molecular formula is C15H11BrF2O3. The fourth-order valence-electron chi connectivity index (χ4n) is 2.40. The largest absolute Gasteiger partial charge is 0.497 e. The van der Waals surface area contributed by atoms with Crippen LogP contribution in [0.15, 0.2) is 28.7 Å². The van der Waals surface area contributed by atoms with Gasteiger partial charge in [0.25, 0.3) is 0 Å². The summed E-state index contributed by atoms with van der Waals surface area (Å²) in [4.78, 5) is 0. The number of hydrogen-bond donors (Lipinski definition) is 1. The summed E-state index contributed by atoms with van der Waals surface area (Å²) < 4.78 is 38.4. The molecule has 0 amide bonds. The first-order valence-corrected chi connectivity index (χ1v) is 6.91. The van der Waals surface area contributed by atoms with Crippen molar-refractivity contribution < 1.29 is 23.4 Å². The van der Waals surface area contributed by atoms with Gasteiger partial charge in [-0.2, -0.15) is 0 Å².